The number of anilines is 1. The van der Waals surface area contributed by atoms with Crippen LogP contribution in [-0.4, -0.2) is 40.6 Å². The fraction of sp³-hybridized carbons (Fsp3) is 0.316. The van der Waals surface area contributed by atoms with Gasteiger partial charge in [-0.3, -0.25) is 9.52 Å². The number of nitrogens with one attached hydrogen (secondary N) is 3. The van der Waals surface area contributed by atoms with Crippen molar-refractivity contribution >= 4 is 34.0 Å². The van der Waals surface area contributed by atoms with E-state index >= 15 is 0 Å². The molecule has 28 heavy (non-hydrogen) atoms. The molecule has 0 saturated carbocycles. The van der Waals surface area contributed by atoms with Crippen molar-refractivity contribution in [3.8, 4) is 5.75 Å². The second-order valence-corrected chi connectivity index (χ2v) is 8.01. The maximum Gasteiger partial charge on any atom is 0.262 e. The number of carbonyl (C=O) groups excluding carboxylic acids is 1. The van der Waals surface area contributed by atoms with Gasteiger partial charge in [-0.05, 0) is 62.3 Å². The van der Waals surface area contributed by atoms with Gasteiger partial charge in [-0.1, -0.05) is 12.1 Å². The number of carbonyl (C=O) groups is 1. The fourth-order valence-electron chi connectivity index (χ4n) is 2.95. The van der Waals surface area contributed by atoms with Gasteiger partial charge in [0.25, 0.3) is 15.9 Å². The van der Waals surface area contributed by atoms with E-state index in [1.165, 1.54) is 31.4 Å². The molecule has 3 N–H and O–H groups in total. The normalized spacial score (nSPS) is 14.6. The first-order valence-corrected chi connectivity index (χ1v) is 10.3. The molecule has 2 aromatic carbocycles. The third-order valence-corrected chi connectivity index (χ3v) is 5.83. The number of piperidine rings is 1. The Bertz CT molecular complexity index is 898. The van der Waals surface area contributed by atoms with Crippen LogP contribution in [0.25, 0.3) is 0 Å². The molecule has 0 aromatic heterocycles. The van der Waals surface area contributed by atoms with Gasteiger partial charge in [-0.25, -0.2) is 8.42 Å². The van der Waals surface area contributed by atoms with Crippen molar-refractivity contribution in [1.29, 1.82) is 0 Å². The first kappa shape index (κ1) is 22.0. The predicted octanol–water partition coefficient (Wildman–Crippen LogP) is 2.40. The lowest BCUT2D eigenvalue weighted by atomic mass is 10.1. The van der Waals surface area contributed by atoms with E-state index in [1.54, 1.807) is 24.3 Å². The Balaban J connectivity index is 0.00000280. The summed E-state index contributed by atoms with van der Waals surface area (Å²) in [6, 6.07) is 12.8. The number of para-hydroxylation sites is 2. The summed E-state index contributed by atoms with van der Waals surface area (Å²) >= 11 is 0. The van der Waals surface area contributed by atoms with Gasteiger partial charge in [0.2, 0.25) is 0 Å². The van der Waals surface area contributed by atoms with Crippen molar-refractivity contribution in [2.24, 2.45) is 0 Å². The van der Waals surface area contributed by atoms with Crippen molar-refractivity contribution in [3.63, 3.8) is 0 Å². The zero-order valence-electron chi connectivity index (χ0n) is 15.5. The van der Waals surface area contributed by atoms with E-state index in [9.17, 15) is 13.2 Å². The van der Waals surface area contributed by atoms with Crippen LogP contribution >= 0.6 is 12.4 Å². The van der Waals surface area contributed by atoms with Gasteiger partial charge in [0, 0.05) is 11.6 Å². The van der Waals surface area contributed by atoms with E-state index in [0.717, 1.165) is 25.9 Å². The van der Waals surface area contributed by atoms with Crippen LogP contribution in [0.1, 0.15) is 23.2 Å². The Kier molecular flexibility index (Phi) is 7.68. The summed E-state index contributed by atoms with van der Waals surface area (Å²) in [5.74, 6) is 0.239. The van der Waals surface area contributed by atoms with Crippen molar-refractivity contribution in [2.75, 3.05) is 24.9 Å². The number of rotatable bonds is 6. The van der Waals surface area contributed by atoms with Crippen LogP contribution < -0.4 is 20.1 Å². The van der Waals surface area contributed by atoms with Crippen molar-refractivity contribution in [3.05, 3.63) is 54.1 Å². The molecule has 0 unspecified atom stereocenters. The highest BCUT2D eigenvalue weighted by Gasteiger charge is 2.19. The minimum Gasteiger partial charge on any atom is -0.495 e. The van der Waals surface area contributed by atoms with E-state index in [1.807, 2.05) is 0 Å². The molecule has 0 bridgehead atoms. The van der Waals surface area contributed by atoms with Crippen molar-refractivity contribution in [2.45, 2.75) is 23.8 Å². The lowest BCUT2D eigenvalue weighted by molar-refractivity contribution is 0.0929. The standard InChI is InChI=1S/C19H23N3O4S.ClH/c1-26-18-5-3-2-4-17(18)22-27(24,25)16-8-6-14(7-9-16)19(23)21-15-10-12-20-13-11-15;/h2-9,15,20,22H,10-13H2,1H3,(H,21,23);1H. The fourth-order valence-corrected chi connectivity index (χ4v) is 4.02. The molecule has 0 radical (unpaired) electrons. The Hall–Kier alpha value is -2.29. The first-order chi connectivity index (χ1) is 13.0. The highest BCUT2D eigenvalue weighted by atomic mass is 35.5. The number of halogens is 1. The van der Waals surface area contributed by atoms with Crippen LogP contribution in [0.15, 0.2) is 53.4 Å². The Labute approximate surface area is 171 Å². The van der Waals surface area contributed by atoms with Gasteiger partial charge in [0.1, 0.15) is 5.75 Å². The van der Waals surface area contributed by atoms with Gasteiger partial charge in [-0.15, -0.1) is 12.4 Å². The van der Waals surface area contributed by atoms with Crippen LogP contribution in [0.5, 0.6) is 5.75 Å². The molecule has 3 rings (SSSR count). The van der Waals surface area contributed by atoms with Crippen molar-refractivity contribution < 1.29 is 17.9 Å². The molecular formula is C19H24ClN3O4S. The molecule has 1 fully saturated rings. The summed E-state index contributed by atoms with van der Waals surface area (Å²) in [5.41, 5.74) is 0.789. The molecule has 1 saturated heterocycles. The monoisotopic (exact) mass is 425 g/mol. The molecule has 152 valence electrons. The minimum atomic E-state index is -3.79. The van der Waals surface area contributed by atoms with Crippen molar-refractivity contribution in [1.82, 2.24) is 10.6 Å². The highest BCUT2D eigenvalue weighted by molar-refractivity contribution is 7.92. The van der Waals surface area contributed by atoms with E-state index in [4.69, 9.17) is 4.74 Å². The lowest BCUT2D eigenvalue weighted by Gasteiger charge is -2.23. The quantitative estimate of drug-likeness (QED) is 0.660. The summed E-state index contributed by atoms with van der Waals surface area (Å²) in [5, 5.41) is 6.23. The number of hydrogen-bond donors (Lipinski definition) is 3. The van der Waals surface area contributed by atoms with Crippen LogP contribution in [0, 0.1) is 0 Å². The number of sulfonamides is 1. The number of methoxy groups -OCH3 is 1. The average Bonchev–Trinajstić information content (AvgIpc) is 2.69. The van der Waals surface area contributed by atoms with E-state index in [2.05, 4.69) is 15.4 Å². The van der Waals surface area contributed by atoms with E-state index in [-0.39, 0.29) is 29.3 Å². The highest BCUT2D eigenvalue weighted by Crippen LogP contribution is 2.26. The lowest BCUT2D eigenvalue weighted by Crippen LogP contribution is -2.42. The molecule has 7 nitrogen and oxygen atoms in total. The zero-order chi connectivity index (χ0) is 19.3. The molecule has 1 aliphatic heterocycles. The van der Waals surface area contributed by atoms with Gasteiger partial charge < -0.3 is 15.4 Å². The number of ether oxygens (including phenoxy) is 1. The Morgan fingerprint density at radius 1 is 1.07 bits per heavy atom. The molecule has 1 aliphatic rings. The van der Waals surface area contributed by atoms with E-state index in [0.29, 0.717) is 17.0 Å². The summed E-state index contributed by atoms with van der Waals surface area (Å²) < 4.78 is 32.9. The van der Waals surface area contributed by atoms with Gasteiger partial charge >= 0.3 is 0 Å². The summed E-state index contributed by atoms with van der Waals surface area (Å²) in [6.45, 7) is 1.77. The van der Waals surface area contributed by atoms with Crippen LogP contribution in [0.2, 0.25) is 0 Å². The van der Waals surface area contributed by atoms with Crippen LogP contribution in [0.4, 0.5) is 5.69 Å². The van der Waals surface area contributed by atoms with Crippen LogP contribution in [-0.2, 0) is 10.0 Å². The number of benzene rings is 2. The number of amides is 1. The largest absolute Gasteiger partial charge is 0.495 e. The second-order valence-electron chi connectivity index (χ2n) is 6.33. The smallest absolute Gasteiger partial charge is 0.262 e. The SMILES string of the molecule is COc1ccccc1NS(=O)(=O)c1ccc(C(=O)NC2CCNCC2)cc1.Cl. The topological polar surface area (TPSA) is 96.5 Å². The Morgan fingerprint density at radius 3 is 2.36 bits per heavy atom. The molecule has 1 amide bonds. The van der Waals surface area contributed by atoms with Gasteiger partial charge in [-0.2, -0.15) is 0 Å². The van der Waals surface area contributed by atoms with Crippen LogP contribution in [0.3, 0.4) is 0 Å². The zero-order valence-corrected chi connectivity index (χ0v) is 17.1. The molecule has 0 atom stereocenters. The molecule has 9 heteroatoms. The second kappa shape index (κ2) is 9.77. The van der Waals surface area contributed by atoms with E-state index < -0.39 is 10.0 Å². The predicted molar refractivity (Wildman–Crippen MR) is 111 cm³/mol. The molecule has 0 spiro atoms. The molecule has 2 aromatic rings. The maximum atomic E-state index is 12.6. The third kappa shape index (κ3) is 5.37. The van der Waals surface area contributed by atoms with Gasteiger partial charge in [0.05, 0.1) is 17.7 Å². The summed E-state index contributed by atoms with van der Waals surface area (Å²) in [4.78, 5) is 12.4. The molecule has 0 aliphatic carbocycles. The summed E-state index contributed by atoms with van der Waals surface area (Å²) in [6.07, 6.45) is 1.78. The molecular weight excluding hydrogens is 402 g/mol. The maximum absolute atomic E-state index is 12.6. The molecule has 1 heterocycles. The number of hydrogen-bond acceptors (Lipinski definition) is 5. The first-order valence-electron chi connectivity index (χ1n) is 8.77. The summed E-state index contributed by atoms with van der Waals surface area (Å²) in [7, 11) is -2.31. The Morgan fingerprint density at radius 2 is 1.71 bits per heavy atom. The third-order valence-electron chi connectivity index (χ3n) is 4.45. The average molecular weight is 426 g/mol. The minimum absolute atomic E-state index is 0. The van der Waals surface area contributed by atoms with Gasteiger partial charge in [0.15, 0.2) is 0 Å².